The molecule has 0 amide bonds. The quantitative estimate of drug-likeness (QED) is 0.660. The van der Waals surface area contributed by atoms with Crippen LogP contribution in [0.25, 0.3) is 0 Å². The van der Waals surface area contributed by atoms with E-state index in [4.69, 9.17) is 27.9 Å². The molecule has 1 unspecified atom stereocenters. The Morgan fingerprint density at radius 2 is 1.96 bits per heavy atom. The van der Waals surface area contributed by atoms with E-state index in [1.807, 2.05) is 18.2 Å². The molecule has 1 N–H and O–H groups in total. The van der Waals surface area contributed by atoms with Gasteiger partial charge in [-0.3, -0.25) is 4.90 Å². The molecule has 1 saturated carbocycles. The monoisotopic (exact) mass is 419 g/mol. The molecule has 2 aliphatic rings. The predicted molar refractivity (Wildman–Crippen MR) is 111 cm³/mol. The van der Waals surface area contributed by atoms with Crippen LogP contribution < -0.4 is 4.74 Å². The van der Waals surface area contributed by atoms with Gasteiger partial charge in [0.1, 0.15) is 11.9 Å². The normalized spacial score (nSPS) is 20.1. The molecule has 1 atom stereocenters. The molecule has 1 aliphatic carbocycles. The number of halogens is 2. The van der Waals surface area contributed by atoms with Crippen LogP contribution >= 0.6 is 23.2 Å². The third-order valence-electron chi connectivity index (χ3n) is 5.44. The van der Waals surface area contributed by atoms with Crippen LogP contribution in [0.4, 0.5) is 0 Å². The van der Waals surface area contributed by atoms with E-state index in [9.17, 15) is 9.90 Å². The van der Waals surface area contributed by atoms with Crippen molar-refractivity contribution in [3.05, 3.63) is 63.1 Å². The molecule has 2 aromatic rings. The molecule has 2 fully saturated rings. The molecule has 1 aliphatic heterocycles. The third-order valence-corrected chi connectivity index (χ3v) is 6.03. The van der Waals surface area contributed by atoms with Crippen molar-refractivity contribution in [3.8, 4) is 5.75 Å². The summed E-state index contributed by atoms with van der Waals surface area (Å²) in [4.78, 5) is 13.6. The van der Waals surface area contributed by atoms with E-state index in [2.05, 4.69) is 4.90 Å². The molecule has 4 rings (SSSR count). The van der Waals surface area contributed by atoms with Crippen LogP contribution in [0.5, 0.6) is 5.75 Å². The van der Waals surface area contributed by atoms with Gasteiger partial charge in [0.25, 0.3) is 0 Å². The van der Waals surface area contributed by atoms with Crippen molar-refractivity contribution in [1.82, 2.24) is 4.90 Å². The SMILES string of the molecule is O=C(O)c1ccc(OC2CCCN(Cc3ccc(Cl)cc3Cl)C2)c(C2CC2)c1. The number of carboxylic acid groups (broad SMARTS) is 1. The number of aromatic carboxylic acids is 1. The summed E-state index contributed by atoms with van der Waals surface area (Å²) in [6.07, 6.45) is 4.35. The van der Waals surface area contributed by atoms with Gasteiger partial charge in [0.2, 0.25) is 0 Å². The van der Waals surface area contributed by atoms with Crippen molar-refractivity contribution in [2.45, 2.75) is 44.2 Å². The first-order valence-electron chi connectivity index (χ1n) is 9.70. The van der Waals surface area contributed by atoms with Gasteiger partial charge < -0.3 is 9.84 Å². The summed E-state index contributed by atoms with van der Waals surface area (Å²) < 4.78 is 6.35. The minimum atomic E-state index is -0.892. The fourth-order valence-corrected chi connectivity index (χ4v) is 4.29. The maximum Gasteiger partial charge on any atom is 0.335 e. The average Bonchev–Trinajstić information content (AvgIpc) is 3.50. The lowest BCUT2D eigenvalue weighted by Crippen LogP contribution is -2.40. The van der Waals surface area contributed by atoms with Gasteiger partial charge in [-0.2, -0.15) is 0 Å². The summed E-state index contributed by atoms with van der Waals surface area (Å²) in [5.74, 6) is 0.378. The van der Waals surface area contributed by atoms with Crippen LogP contribution in [0.3, 0.4) is 0 Å². The molecular formula is C22H23Cl2NO3. The summed E-state index contributed by atoms with van der Waals surface area (Å²) in [7, 11) is 0. The molecule has 6 heteroatoms. The van der Waals surface area contributed by atoms with E-state index in [0.717, 1.165) is 62.2 Å². The van der Waals surface area contributed by atoms with Gasteiger partial charge >= 0.3 is 5.97 Å². The molecule has 0 aromatic heterocycles. The lowest BCUT2D eigenvalue weighted by Gasteiger charge is -2.33. The van der Waals surface area contributed by atoms with E-state index in [0.29, 0.717) is 21.5 Å². The van der Waals surface area contributed by atoms with Gasteiger partial charge in [-0.25, -0.2) is 4.79 Å². The first kappa shape index (κ1) is 19.6. The van der Waals surface area contributed by atoms with Crippen LogP contribution in [0.15, 0.2) is 36.4 Å². The third kappa shape index (κ3) is 4.62. The number of piperidine rings is 1. The minimum absolute atomic E-state index is 0.0907. The first-order chi connectivity index (χ1) is 13.5. The molecule has 0 radical (unpaired) electrons. The van der Waals surface area contributed by atoms with Crippen molar-refractivity contribution in [2.75, 3.05) is 13.1 Å². The highest BCUT2D eigenvalue weighted by Crippen LogP contribution is 2.45. The number of carboxylic acids is 1. The van der Waals surface area contributed by atoms with Gasteiger partial charge in [0, 0.05) is 23.1 Å². The number of likely N-dealkylation sites (tertiary alicyclic amines) is 1. The molecule has 148 valence electrons. The Morgan fingerprint density at radius 3 is 2.68 bits per heavy atom. The molecule has 1 saturated heterocycles. The maximum absolute atomic E-state index is 11.3. The van der Waals surface area contributed by atoms with E-state index in [1.54, 1.807) is 18.2 Å². The number of hydrogen-bond acceptors (Lipinski definition) is 3. The van der Waals surface area contributed by atoms with Crippen LogP contribution in [0.2, 0.25) is 10.0 Å². The van der Waals surface area contributed by atoms with Crippen LogP contribution in [-0.2, 0) is 6.54 Å². The zero-order valence-electron chi connectivity index (χ0n) is 15.5. The van der Waals surface area contributed by atoms with E-state index in [1.165, 1.54) is 0 Å². The highest BCUT2D eigenvalue weighted by Gasteiger charge is 2.29. The predicted octanol–water partition coefficient (Wildman–Crippen LogP) is 5.61. The maximum atomic E-state index is 11.3. The molecule has 2 aromatic carbocycles. The molecule has 0 bridgehead atoms. The molecule has 1 heterocycles. The standard InChI is InChI=1S/C22H23Cl2NO3/c23-17-7-5-16(20(24)11-17)12-25-9-1-2-18(13-25)28-21-8-6-15(22(26)27)10-19(21)14-3-4-14/h5-8,10-11,14,18H,1-4,9,12-13H2,(H,26,27). The first-order valence-corrected chi connectivity index (χ1v) is 10.5. The molecule has 4 nitrogen and oxygen atoms in total. The Bertz CT molecular complexity index is 882. The fourth-order valence-electron chi connectivity index (χ4n) is 3.83. The Balaban J connectivity index is 1.44. The number of hydrogen-bond donors (Lipinski definition) is 1. The highest BCUT2D eigenvalue weighted by atomic mass is 35.5. The van der Waals surface area contributed by atoms with Gasteiger partial charge in [-0.15, -0.1) is 0 Å². The second kappa shape index (κ2) is 8.32. The van der Waals surface area contributed by atoms with Crippen LogP contribution in [0.1, 0.15) is 53.1 Å². The average molecular weight is 420 g/mol. The van der Waals surface area contributed by atoms with Gasteiger partial charge in [-0.05, 0) is 79.6 Å². The summed E-state index contributed by atoms with van der Waals surface area (Å²) in [6.45, 7) is 2.60. The second-order valence-corrected chi connectivity index (χ2v) is 8.53. The number of benzene rings is 2. The molecule has 28 heavy (non-hydrogen) atoms. The Morgan fingerprint density at radius 1 is 1.14 bits per heavy atom. The van der Waals surface area contributed by atoms with Crippen molar-refractivity contribution >= 4 is 29.2 Å². The Kier molecular flexibility index (Phi) is 5.81. The smallest absolute Gasteiger partial charge is 0.335 e. The van der Waals surface area contributed by atoms with E-state index < -0.39 is 5.97 Å². The lowest BCUT2D eigenvalue weighted by molar-refractivity contribution is 0.0696. The van der Waals surface area contributed by atoms with Crippen molar-refractivity contribution < 1.29 is 14.6 Å². The van der Waals surface area contributed by atoms with Gasteiger partial charge in [-0.1, -0.05) is 29.3 Å². The summed E-state index contributed by atoms with van der Waals surface area (Å²) in [6, 6.07) is 10.9. The van der Waals surface area contributed by atoms with Crippen molar-refractivity contribution in [3.63, 3.8) is 0 Å². The summed E-state index contributed by atoms with van der Waals surface area (Å²) in [5, 5.41) is 10.6. The van der Waals surface area contributed by atoms with Crippen molar-refractivity contribution in [1.29, 1.82) is 0 Å². The Labute approximate surface area is 175 Å². The minimum Gasteiger partial charge on any atom is -0.489 e. The van der Waals surface area contributed by atoms with E-state index >= 15 is 0 Å². The van der Waals surface area contributed by atoms with Gasteiger partial charge in [0.05, 0.1) is 5.56 Å². The zero-order valence-corrected chi connectivity index (χ0v) is 17.0. The number of carbonyl (C=O) groups is 1. The highest BCUT2D eigenvalue weighted by molar-refractivity contribution is 6.35. The van der Waals surface area contributed by atoms with E-state index in [-0.39, 0.29) is 6.10 Å². The summed E-state index contributed by atoms with van der Waals surface area (Å²) in [5.41, 5.74) is 2.44. The molecular weight excluding hydrogens is 397 g/mol. The summed E-state index contributed by atoms with van der Waals surface area (Å²) >= 11 is 12.3. The van der Waals surface area contributed by atoms with Gasteiger partial charge in [0.15, 0.2) is 0 Å². The second-order valence-electron chi connectivity index (χ2n) is 7.68. The number of ether oxygens (including phenoxy) is 1. The zero-order chi connectivity index (χ0) is 19.7. The van der Waals surface area contributed by atoms with Crippen LogP contribution in [-0.4, -0.2) is 35.2 Å². The topological polar surface area (TPSA) is 49.8 Å². The largest absolute Gasteiger partial charge is 0.489 e. The number of rotatable bonds is 6. The molecule has 0 spiro atoms. The van der Waals surface area contributed by atoms with Crippen molar-refractivity contribution in [2.24, 2.45) is 0 Å². The fraction of sp³-hybridized carbons (Fsp3) is 0.409. The number of nitrogens with zero attached hydrogens (tertiary/aromatic N) is 1. The van der Waals surface area contributed by atoms with Crippen LogP contribution in [0, 0.1) is 0 Å². The Hall–Kier alpha value is -1.75. The lowest BCUT2D eigenvalue weighted by atomic mass is 10.0.